The second-order valence-electron chi connectivity index (χ2n) is 8.79. The number of unbranched alkanes of at least 4 members (excludes halogenated alkanes) is 11. The first-order valence-corrected chi connectivity index (χ1v) is 13.2. The van der Waals surface area contributed by atoms with Crippen LogP contribution in [0.15, 0.2) is 48.5 Å². The van der Waals surface area contributed by atoms with E-state index in [1.54, 1.807) is 0 Å². The maximum atomic E-state index is 5.85. The van der Waals surface area contributed by atoms with Crippen molar-refractivity contribution in [2.75, 3.05) is 6.61 Å². The molecule has 0 aliphatic rings. The molecule has 2 rings (SSSR count). The quantitative estimate of drug-likeness (QED) is 0.209. The van der Waals surface area contributed by atoms with Crippen LogP contribution in [0.4, 0.5) is 0 Å². The summed E-state index contributed by atoms with van der Waals surface area (Å²) in [6.45, 7) is 5.31. The predicted octanol–water partition coefficient (Wildman–Crippen LogP) is 8.93. The summed E-state index contributed by atoms with van der Waals surface area (Å²) in [5.41, 5.74) is 3.09. The van der Waals surface area contributed by atoms with Crippen molar-refractivity contribution in [1.29, 1.82) is 0 Å². The Balaban J connectivity index is 1.69. The highest BCUT2D eigenvalue weighted by Crippen LogP contribution is 2.13. The van der Waals surface area contributed by atoms with Crippen molar-refractivity contribution in [1.82, 2.24) is 0 Å². The fraction of sp³-hybridized carbons (Fsp3) is 0.500. The third-order valence-electron chi connectivity index (χ3n) is 5.75. The predicted molar refractivity (Wildman–Crippen MR) is 143 cm³/mol. The third kappa shape index (κ3) is 12.8. The Morgan fingerprint density at radius 3 is 1.55 bits per heavy atom. The van der Waals surface area contributed by atoms with Crippen LogP contribution >= 0.6 is 0 Å². The van der Waals surface area contributed by atoms with Gasteiger partial charge in [-0.15, -0.1) is 0 Å². The highest BCUT2D eigenvalue weighted by Gasteiger charge is 1.96. The SMILES string of the molecule is CCCCCCCCC#Cc1ccc(C#Cc2ccc(OCCCCCCCC)cc2)cc1. The average molecular weight is 443 g/mol. The fourth-order valence-electron chi connectivity index (χ4n) is 3.65. The number of hydrogen-bond acceptors (Lipinski definition) is 1. The van der Waals surface area contributed by atoms with Crippen molar-refractivity contribution in [2.24, 2.45) is 0 Å². The van der Waals surface area contributed by atoms with E-state index in [1.165, 1.54) is 70.6 Å². The standard InChI is InChI=1S/C32H42O/c1-3-5-7-9-11-12-13-15-17-29-18-20-30(21-19-29)22-23-31-24-26-32(27-25-31)33-28-16-14-10-8-6-4-2/h18-21,24-27H,3-14,16,28H2,1-2H3. The number of benzene rings is 2. The van der Waals surface area contributed by atoms with Gasteiger partial charge in [-0.05, 0) is 61.4 Å². The lowest BCUT2D eigenvalue weighted by atomic mass is 10.1. The van der Waals surface area contributed by atoms with Crippen LogP contribution in [-0.4, -0.2) is 6.61 Å². The van der Waals surface area contributed by atoms with Gasteiger partial charge in [-0.1, -0.05) is 102 Å². The first-order valence-electron chi connectivity index (χ1n) is 13.2. The normalized spacial score (nSPS) is 10.1. The molecule has 0 heterocycles. The molecule has 0 spiro atoms. The van der Waals surface area contributed by atoms with Crippen LogP contribution in [0.25, 0.3) is 0 Å². The third-order valence-corrected chi connectivity index (χ3v) is 5.75. The molecule has 176 valence electrons. The molecule has 0 aliphatic heterocycles. The molecule has 0 radical (unpaired) electrons. The van der Waals surface area contributed by atoms with Crippen LogP contribution in [0.3, 0.4) is 0 Å². The molecule has 0 aromatic heterocycles. The zero-order valence-electron chi connectivity index (χ0n) is 20.9. The molecule has 33 heavy (non-hydrogen) atoms. The summed E-state index contributed by atoms with van der Waals surface area (Å²) >= 11 is 0. The molecule has 0 unspecified atom stereocenters. The van der Waals surface area contributed by atoms with Crippen molar-refractivity contribution < 1.29 is 4.74 Å². The molecule has 2 aromatic rings. The number of rotatable bonds is 14. The van der Waals surface area contributed by atoms with Gasteiger partial charge < -0.3 is 4.74 Å². The first-order chi connectivity index (χ1) is 16.3. The highest BCUT2D eigenvalue weighted by molar-refractivity contribution is 5.46. The molecule has 0 saturated carbocycles. The summed E-state index contributed by atoms with van der Waals surface area (Å²) in [6.07, 6.45) is 16.6. The Morgan fingerprint density at radius 2 is 0.970 bits per heavy atom. The van der Waals surface area contributed by atoms with E-state index in [4.69, 9.17) is 4.74 Å². The topological polar surface area (TPSA) is 9.23 Å². The molecule has 0 N–H and O–H groups in total. The maximum absolute atomic E-state index is 5.85. The van der Waals surface area contributed by atoms with Crippen molar-refractivity contribution in [3.63, 3.8) is 0 Å². The lowest BCUT2D eigenvalue weighted by Gasteiger charge is -2.06. The van der Waals surface area contributed by atoms with Gasteiger partial charge in [0.05, 0.1) is 6.61 Å². The first kappa shape index (κ1) is 26.6. The van der Waals surface area contributed by atoms with E-state index in [0.29, 0.717) is 0 Å². The zero-order chi connectivity index (χ0) is 23.4. The van der Waals surface area contributed by atoms with Crippen molar-refractivity contribution in [2.45, 2.75) is 97.3 Å². The molecular weight excluding hydrogens is 400 g/mol. The van der Waals surface area contributed by atoms with Crippen LogP contribution in [0.5, 0.6) is 5.75 Å². The Kier molecular flexibility index (Phi) is 14.4. The van der Waals surface area contributed by atoms with Crippen molar-refractivity contribution in [3.05, 3.63) is 65.2 Å². The van der Waals surface area contributed by atoms with E-state index >= 15 is 0 Å². The summed E-state index contributed by atoms with van der Waals surface area (Å²) < 4.78 is 5.85. The van der Waals surface area contributed by atoms with Gasteiger partial charge in [0, 0.05) is 23.1 Å². The minimum Gasteiger partial charge on any atom is -0.494 e. The maximum Gasteiger partial charge on any atom is 0.119 e. The Hall–Kier alpha value is -2.64. The van der Waals surface area contributed by atoms with E-state index in [1.807, 2.05) is 24.3 Å². The van der Waals surface area contributed by atoms with Gasteiger partial charge in [-0.2, -0.15) is 0 Å². The summed E-state index contributed by atoms with van der Waals surface area (Å²) in [5.74, 6) is 14.0. The van der Waals surface area contributed by atoms with Crippen molar-refractivity contribution in [3.8, 4) is 29.4 Å². The minimum absolute atomic E-state index is 0.797. The van der Waals surface area contributed by atoms with Crippen LogP contribution in [-0.2, 0) is 0 Å². The molecule has 0 fully saturated rings. The molecule has 0 saturated heterocycles. The van der Waals surface area contributed by atoms with E-state index < -0.39 is 0 Å². The summed E-state index contributed by atoms with van der Waals surface area (Å²) in [5, 5.41) is 0. The molecular formula is C32H42O. The Labute approximate surface area is 203 Å². The smallest absolute Gasteiger partial charge is 0.119 e. The van der Waals surface area contributed by atoms with Gasteiger partial charge in [0.15, 0.2) is 0 Å². The number of ether oxygens (including phenoxy) is 1. The minimum atomic E-state index is 0.797. The van der Waals surface area contributed by atoms with E-state index in [-0.39, 0.29) is 0 Å². The fourth-order valence-corrected chi connectivity index (χ4v) is 3.65. The van der Waals surface area contributed by atoms with Gasteiger partial charge >= 0.3 is 0 Å². The molecule has 0 aliphatic carbocycles. The monoisotopic (exact) mass is 442 g/mol. The van der Waals surface area contributed by atoms with Gasteiger partial charge in [-0.3, -0.25) is 0 Å². The summed E-state index contributed by atoms with van der Waals surface area (Å²) in [4.78, 5) is 0. The van der Waals surface area contributed by atoms with Gasteiger partial charge in [-0.25, -0.2) is 0 Å². The number of hydrogen-bond donors (Lipinski definition) is 0. The van der Waals surface area contributed by atoms with Crippen LogP contribution in [0.1, 0.15) is 114 Å². The second-order valence-corrected chi connectivity index (χ2v) is 8.79. The van der Waals surface area contributed by atoms with Crippen LogP contribution in [0.2, 0.25) is 0 Å². The van der Waals surface area contributed by atoms with Gasteiger partial charge in [0.25, 0.3) is 0 Å². The van der Waals surface area contributed by atoms with E-state index in [9.17, 15) is 0 Å². The largest absolute Gasteiger partial charge is 0.494 e. The highest BCUT2D eigenvalue weighted by atomic mass is 16.5. The second kappa shape index (κ2) is 17.9. The van der Waals surface area contributed by atoms with Gasteiger partial charge in [0.1, 0.15) is 5.75 Å². The lowest BCUT2D eigenvalue weighted by molar-refractivity contribution is 0.304. The zero-order valence-corrected chi connectivity index (χ0v) is 20.9. The summed E-state index contributed by atoms with van der Waals surface area (Å²) in [6, 6.07) is 16.3. The Morgan fingerprint density at radius 1 is 0.515 bits per heavy atom. The average Bonchev–Trinajstić information content (AvgIpc) is 2.85. The van der Waals surface area contributed by atoms with Crippen molar-refractivity contribution >= 4 is 0 Å². The van der Waals surface area contributed by atoms with E-state index in [2.05, 4.69) is 61.8 Å². The molecule has 1 nitrogen and oxygen atoms in total. The van der Waals surface area contributed by atoms with Gasteiger partial charge in [0.2, 0.25) is 0 Å². The molecule has 1 heteroatoms. The van der Waals surface area contributed by atoms with Crippen LogP contribution in [0, 0.1) is 23.7 Å². The molecule has 0 bridgehead atoms. The lowest BCUT2D eigenvalue weighted by Crippen LogP contribution is -1.97. The molecule has 0 atom stereocenters. The molecule has 2 aromatic carbocycles. The Bertz CT molecular complexity index is 869. The van der Waals surface area contributed by atoms with Crippen LogP contribution < -0.4 is 4.74 Å². The molecule has 0 amide bonds. The summed E-state index contributed by atoms with van der Waals surface area (Å²) in [7, 11) is 0. The van der Waals surface area contributed by atoms with E-state index in [0.717, 1.165) is 41.9 Å².